The van der Waals surface area contributed by atoms with Crippen molar-refractivity contribution < 1.29 is 23.7 Å². The van der Waals surface area contributed by atoms with Crippen LogP contribution in [0.1, 0.15) is 53.9 Å². The molecule has 6 heteroatoms. The van der Waals surface area contributed by atoms with E-state index in [0.29, 0.717) is 52.7 Å². The Hall–Kier alpha value is -0.690. The first kappa shape index (κ1) is 26.3. The van der Waals surface area contributed by atoms with E-state index >= 15 is 0 Å². The zero-order valence-electron chi connectivity index (χ0n) is 18.3. The number of likely N-dealkylation sites (tertiary alicyclic amines) is 1. The average molecular weight is 390 g/mol. The highest BCUT2D eigenvalue weighted by Crippen LogP contribution is 2.24. The third-order valence-corrected chi connectivity index (χ3v) is 4.62. The summed E-state index contributed by atoms with van der Waals surface area (Å²) in [6.45, 7) is 16.9. The van der Waals surface area contributed by atoms with Crippen LogP contribution in [0.15, 0.2) is 0 Å². The van der Waals surface area contributed by atoms with Gasteiger partial charge in [-0.1, -0.05) is 27.7 Å². The smallest absolute Gasteiger partial charge is 0.224 e. The molecule has 0 aromatic carbocycles. The van der Waals surface area contributed by atoms with E-state index in [0.717, 1.165) is 44.4 Å². The standard InChI is InChI=1S/C19H37NO5.C2H6/c1-4-22-11-12-24-15-16-25-14-13-23-10-7-19(21)20-8-5-18(6-9-20)17(2)3;1-2/h17-18H,4-16H2,1-3H3;1-2H3. The van der Waals surface area contributed by atoms with Gasteiger partial charge in [0.15, 0.2) is 0 Å². The van der Waals surface area contributed by atoms with Crippen LogP contribution in [0.25, 0.3) is 0 Å². The molecule has 1 rings (SSSR count). The molecule has 1 heterocycles. The van der Waals surface area contributed by atoms with Gasteiger partial charge in [0.2, 0.25) is 5.91 Å². The highest BCUT2D eigenvalue weighted by Gasteiger charge is 2.24. The summed E-state index contributed by atoms with van der Waals surface area (Å²) in [5.74, 6) is 1.70. The predicted octanol–water partition coefficient (Wildman–Crippen LogP) is 3.38. The van der Waals surface area contributed by atoms with Gasteiger partial charge in [0.25, 0.3) is 0 Å². The van der Waals surface area contributed by atoms with Gasteiger partial charge in [-0.25, -0.2) is 0 Å². The summed E-state index contributed by atoms with van der Waals surface area (Å²) in [5.41, 5.74) is 0. The van der Waals surface area contributed by atoms with Crippen molar-refractivity contribution in [1.82, 2.24) is 4.90 Å². The number of piperidine rings is 1. The molecule has 162 valence electrons. The Labute approximate surface area is 166 Å². The van der Waals surface area contributed by atoms with Gasteiger partial charge >= 0.3 is 0 Å². The van der Waals surface area contributed by atoms with E-state index in [1.165, 1.54) is 0 Å². The predicted molar refractivity (Wildman–Crippen MR) is 109 cm³/mol. The second kappa shape index (κ2) is 18.7. The van der Waals surface area contributed by atoms with E-state index in [1.807, 2.05) is 25.7 Å². The van der Waals surface area contributed by atoms with Crippen molar-refractivity contribution in [3.05, 3.63) is 0 Å². The number of hydrogen-bond acceptors (Lipinski definition) is 5. The topological polar surface area (TPSA) is 57.2 Å². The van der Waals surface area contributed by atoms with E-state index in [9.17, 15) is 4.79 Å². The second-order valence-corrected chi connectivity index (χ2v) is 6.75. The van der Waals surface area contributed by atoms with Crippen molar-refractivity contribution in [2.75, 3.05) is 65.9 Å². The molecule has 0 saturated carbocycles. The van der Waals surface area contributed by atoms with Crippen LogP contribution in [0.4, 0.5) is 0 Å². The maximum atomic E-state index is 12.1. The summed E-state index contributed by atoms with van der Waals surface area (Å²) in [4.78, 5) is 14.1. The van der Waals surface area contributed by atoms with Gasteiger partial charge in [0, 0.05) is 19.7 Å². The quantitative estimate of drug-likeness (QED) is 0.426. The Morgan fingerprint density at radius 2 is 1.30 bits per heavy atom. The lowest BCUT2D eigenvalue weighted by atomic mass is 9.86. The van der Waals surface area contributed by atoms with Crippen molar-refractivity contribution in [1.29, 1.82) is 0 Å². The van der Waals surface area contributed by atoms with E-state index in [-0.39, 0.29) is 5.91 Å². The molecule has 0 N–H and O–H groups in total. The third kappa shape index (κ3) is 14.0. The van der Waals surface area contributed by atoms with Crippen LogP contribution in [0.3, 0.4) is 0 Å². The molecule has 0 spiro atoms. The number of carbonyl (C=O) groups excluding carboxylic acids is 1. The second-order valence-electron chi connectivity index (χ2n) is 6.75. The Kier molecular flexibility index (Phi) is 18.2. The lowest BCUT2D eigenvalue weighted by Gasteiger charge is -2.34. The first-order valence-corrected chi connectivity index (χ1v) is 10.7. The number of rotatable bonds is 14. The normalized spacial score (nSPS) is 15.0. The van der Waals surface area contributed by atoms with Gasteiger partial charge in [-0.05, 0) is 31.6 Å². The monoisotopic (exact) mass is 389 g/mol. The Balaban J connectivity index is 0.00000326. The van der Waals surface area contributed by atoms with Crippen LogP contribution < -0.4 is 0 Å². The number of carbonyl (C=O) groups is 1. The van der Waals surface area contributed by atoms with Crippen molar-refractivity contribution in [3.8, 4) is 0 Å². The van der Waals surface area contributed by atoms with Gasteiger partial charge in [-0.3, -0.25) is 4.79 Å². The number of nitrogens with zero attached hydrogens (tertiary/aromatic N) is 1. The molecule has 0 aliphatic carbocycles. The summed E-state index contributed by atoms with van der Waals surface area (Å²) in [6, 6.07) is 0. The van der Waals surface area contributed by atoms with Gasteiger partial charge < -0.3 is 23.8 Å². The molecule has 0 bridgehead atoms. The van der Waals surface area contributed by atoms with Gasteiger partial charge in [0.1, 0.15) is 0 Å². The average Bonchev–Trinajstić information content (AvgIpc) is 2.70. The van der Waals surface area contributed by atoms with Crippen LogP contribution in [-0.2, 0) is 23.7 Å². The Morgan fingerprint density at radius 3 is 1.74 bits per heavy atom. The zero-order chi connectivity index (χ0) is 20.3. The molecule has 1 saturated heterocycles. The van der Waals surface area contributed by atoms with Crippen LogP contribution in [0.2, 0.25) is 0 Å². The SMILES string of the molecule is CC.CCOCCOCCOCCOCCC(=O)N1CCC(C(C)C)CC1. The van der Waals surface area contributed by atoms with Crippen molar-refractivity contribution in [2.24, 2.45) is 11.8 Å². The zero-order valence-corrected chi connectivity index (χ0v) is 18.3. The highest BCUT2D eigenvalue weighted by molar-refractivity contribution is 5.76. The molecule has 1 fully saturated rings. The molecule has 0 aromatic heterocycles. The lowest BCUT2D eigenvalue weighted by Crippen LogP contribution is -2.39. The van der Waals surface area contributed by atoms with E-state index in [4.69, 9.17) is 18.9 Å². The molecule has 0 unspecified atom stereocenters. The fraction of sp³-hybridized carbons (Fsp3) is 0.952. The molecular formula is C21H43NO5. The third-order valence-electron chi connectivity index (χ3n) is 4.62. The molecular weight excluding hydrogens is 346 g/mol. The highest BCUT2D eigenvalue weighted by atomic mass is 16.6. The van der Waals surface area contributed by atoms with Gasteiger partial charge in [0.05, 0.1) is 52.7 Å². The molecule has 1 aliphatic heterocycles. The lowest BCUT2D eigenvalue weighted by molar-refractivity contribution is -0.134. The summed E-state index contributed by atoms with van der Waals surface area (Å²) in [5, 5.41) is 0. The van der Waals surface area contributed by atoms with Gasteiger partial charge in [-0.15, -0.1) is 0 Å². The molecule has 1 aliphatic rings. The molecule has 0 aromatic rings. The fourth-order valence-corrected chi connectivity index (χ4v) is 2.94. The Bertz CT molecular complexity index is 331. The summed E-state index contributed by atoms with van der Waals surface area (Å²) < 4.78 is 21.4. The van der Waals surface area contributed by atoms with Gasteiger partial charge in [-0.2, -0.15) is 0 Å². The number of hydrogen-bond donors (Lipinski definition) is 0. The minimum absolute atomic E-state index is 0.214. The van der Waals surface area contributed by atoms with Crippen molar-refractivity contribution in [2.45, 2.75) is 53.9 Å². The maximum Gasteiger partial charge on any atom is 0.224 e. The minimum atomic E-state index is 0.214. The Morgan fingerprint density at radius 1 is 0.852 bits per heavy atom. The maximum absolute atomic E-state index is 12.1. The van der Waals surface area contributed by atoms with Crippen molar-refractivity contribution >= 4 is 5.91 Å². The summed E-state index contributed by atoms with van der Waals surface area (Å²) in [7, 11) is 0. The fourth-order valence-electron chi connectivity index (χ4n) is 2.94. The largest absolute Gasteiger partial charge is 0.379 e. The number of ether oxygens (including phenoxy) is 4. The number of amides is 1. The van der Waals surface area contributed by atoms with Crippen LogP contribution in [-0.4, -0.2) is 76.8 Å². The molecule has 1 amide bonds. The summed E-state index contributed by atoms with van der Waals surface area (Å²) in [6.07, 6.45) is 2.72. The van der Waals surface area contributed by atoms with E-state index in [2.05, 4.69) is 13.8 Å². The molecule has 27 heavy (non-hydrogen) atoms. The van der Waals surface area contributed by atoms with Crippen LogP contribution >= 0.6 is 0 Å². The van der Waals surface area contributed by atoms with Crippen molar-refractivity contribution in [3.63, 3.8) is 0 Å². The van der Waals surface area contributed by atoms with E-state index < -0.39 is 0 Å². The van der Waals surface area contributed by atoms with E-state index in [1.54, 1.807) is 0 Å². The molecule has 0 radical (unpaired) electrons. The molecule has 6 nitrogen and oxygen atoms in total. The first-order chi connectivity index (χ1) is 13.1. The van der Waals surface area contributed by atoms with Crippen LogP contribution in [0, 0.1) is 11.8 Å². The van der Waals surface area contributed by atoms with Crippen LogP contribution in [0.5, 0.6) is 0 Å². The summed E-state index contributed by atoms with van der Waals surface area (Å²) >= 11 is 0. The molecule has 0 atom stereocenters. The minimum Gasteiger partial charge on any atom is -0.379 e. The first-order valence-electron chi connectivity index (χ1n) is 10.7.